The maximum Gasteiger partial charge on any atom is 0.252 e. The van der Waals surface area contributed by atoms with Gasteiger partial charge in [0.2, 0.25) is 0 Å². The molecule has 0 saturated heterocycles. The van der Waals surface area contributed by atoms with Crippen LogP contribution < -0.4 is 16.0 Å². The lowest BCUT2D eigenvalue weighted by atomic mass is 10.2. The van der Waals surface area contributed by atoms with Crippen molar-refractivity contribution in [3.8, 4) is 0 Å². The monoisotopic (exact) mass is 338 g/mol. The molecule has 0 aliphatic carbocycles. The Balaban J connectivity index is 2.20. The van der Waals surface area contributed by atoms with Crippen molar-refractivity contribution < 1.29 is 4.79 Å². The van der Waals surface area contributed by atoms with E-state index in [1.165, 1.54) is 19.3 Å². The molecule has 1 rings (SSSR count). The van der Waals surface area contributed by atoms with E-state index < -0.39 is 0 Å². The molecule has 0 unspecified atom stereocenters. The van der Waals surface area contributed by atoms with Crippen LogP contribution in [0.5, 0.6) is 0 Å². The van der Waals surface area contributed by atoms with Crippen molar-refractivity contribution in [3.05, 3.63) is 34.9 Å². The normalized spacial score (nSPS) is 11.2. The highest BCUT2D eigenvalue weighted by Crippen LogP contribution is 2.14. The SMILES string of the molecule is CCCCCCNC(=NC)NCCNC(=O)c1ccccc1Cl. The van der Waals surface area contributed by atoms with Gasteiger partial charge in [0.05, 0.1) is 10.6 Å². The molecule has 0 saturated carbocycles. The molecule has 0 aromatic heterocycles. The Kier molecular flexibility index (Phi) is 9.87. The van der Waals surface area contributed by atoms with Crippen molar-refractivity contribution in [2.75, 3.05) is 26.7 Å². The molecule has 0 radical (unpaired) electrons. The first-order valence-corrected chi connectivity index (χ1v) is 8.54. The fourth-order valence-electron chi connectivity index (χ4n) is 2.08. The van der Waals surface area contributed by atoms with Gasteiger partial charge < -0.3 is 16.0 Å². The summed E-state index contributed by atoms with van der Waals surface area (Å²) in [5.41, 5.74) is 0.493. The van der Waals surface area contributed by atoms with Crippen LogP contribution in [0.2, 0.25) is 5.02 Å². The minimum Gasteiger partial charge on any atom is -0.356 e. The number of aliphatic imine (C=N–C) groups is 1. The standard InChI is InChI=1S/C17H27ClN4O/c1-3-4-5-8-11-21-17(19-2)22-13-12-20-16(23)14-9-6-7-10-15(14)18/h6-7,9-10H,3-5,8,11-13H2,1-2H3,(H,20,23)(H2,19,21,22). The number of halogens is 1. The first-order valence-electron chi connectivity index (χ1n) is 8.16. The largest absolute Gasteiger partial charge is 0.356 e. The molecule has 3 N–H and O–H groups in total. The van der Waals surface area contributed by atoms with E-state index in [-0.39, 0.29) is 5.91 Å². The highest BCUT2D eigenvalue weighted by atomic mass is 35.5. The Labute approximate surface area is 143 Å². The maximum absolute atomic E-state index is 12.0. The molecule has 1 aromatic rings. The summed E-state index contributed by atoms with van der Waals surface area (Å²) >= 11 is 5.99. The van der Waals surface area contributed by atoms with Gasteiger partial charge in [-0.25, -0.2) is 0 Å². The van der Waals surface area contributed by atoms with Gasteiger partial charge in [0.1, 0.15) is 0 Å². The number of unbranched alkanes of at least 4 members (excludes halogenated alkanes) is 3. The Morgan fingerprint density at radius 2 is 1.74 bits per heavy atom. The molecule has 0 heterocycles. The van der Waals surface area contributed by atoms with Crippen LogP contribution in [-0.4, -0.2) is 38.5 Å². The Bertz CT molecular complexity index is 505. The van der Waals surface area contributed by atoms with Gasteiger partial charge in [-0.3, -0.25) is 9.79 Å². The molecule has 1 aromatic carbocycles. The van der Waals surface area contributed by atoms with E-state index in [2.05, 4.69) is 27.9 Å². The van der Waals surface area contributed by atoms with Crippen LogP contribution in [0.15, 0.2) is 29.3 Å². The lowest BCUT2D eigenvalue weighted by Crippen LogP contribution is -2.41. The fraction of sp³-hybridized carbons (Fsp3) is 0.529. The zero-order valence-electron chi connectivity index (χ0n) is 14.0. The van der Waals surface area contributed by atoms with Crippen LogP contribution >= 0.6 is 11.6 Å². The zero-order chi connectivity index (χ0) is 16.9. The highest BCUT2D eigenvalue weighted by Gasteiger charge is 2.08. The predicted octanol–water partition coefficient (Wildman–Crippen LogP) is 2.82. The molecule has 5 nitrogen and oxygen atoms in total. The molecule has 0 aliphatic heterocycles. The topological polar surface area (TPSA) is 65.5 Å². The fourth-order valence-corrected chi connectivity index (χ4v) is 2.30. The summed E-state index contributed by atoms with van der Waals surface area (Å²) in [6, 6.07) is 7.01. The number of benzene rings is 1. The molecular formula is C17H27ClN4O. The molecule has 1 amide bonds. The molecular weight excluding hydrogens is 312 g/mol. The van der Waals surface area contributed by atoms with Gasteiger partial charge in [0, 0.05) is 26.7 Å². The second-order valence-electron chi connectivity index (χ2n) is 5.22. The third-order valence-corrected chi connectivity index (χ3v) is 3.70. The van der Waals surface area contributed by atoms with E-state index >= 15 is 0 Å². The Hall–Kier alpha value is -1.75. The smallest absolute Gasteiger partial charge is 0.252 e. The first kappa shape index (κ1) is 19.3. The number of rotatable bonds is 9. The van der Waals surface area contributed by atoms with E-state index in [1.54, 1.807) is 31.3 Å². The number of amides is 1. The predicted molar refractivity (Wildman–Crippen MR) is 97.3 cm³/mol. The van der Waals surface area contributed by atoms with Crippen molar-refractivity contribution in [1.29, 1.82) is 0 Å². The van der Waals surface area contributed by atoms with E-state index in [0.717, 1.165) is 18.9 Å². The van der Waals surface area contributed by atoms with Crippen molar-refractivity contribution >= 4 is 23.5 Å². The van der Waals surface area contributed by atoms with E-state index in [4.69, 9.17) is 11.6 Å². The lowest BCUT2D eigenvalue weighted by Gasteiger charge is -2.12. The third kappa shape index (κ3) is 7.88. The molecule has 128 valence electrons. The van der Waals surface area contributed by atoms with Crippen molar-refractivity contribution in [2.45, 2.75) is 32.6 Å². The minimum atomic E-state index is -0.167. The molecule has 0 spiro atoms. The molecule has 6 heteroatoms. The van der Waals surface area contributed by atoms with Gasteiger partial charge in [-0.2, -0.15) is 0 Å². The summed E-state index contributed by atoms with van der Waals surface area (Å²) in [6.07, 6.45) is 4.87. The highest BCUT2D eigenvalue weighted by molar-refractivity contribution is 6.33. The van der Waals surface area contributed by atoms with Crippen LogP contribution in [0.25, 0.3) is 0 Å². The van der Waals surface area contributed by atoms with Crippen molar-refractivity contribution in [2.24, 2.45) is 4.99 Å². The lowest BCUT2D eigenvalue weighted by molar-refractivity contribution is 0.0954. The van der Waals surface area contributed by atoms with Crippen LogP contribution in [0.1, 0.15) is 43.0 Å². The zero-order valence-corrected chi connectivity index (χ0v) is 14.7. The quantitative estimate of drug-likeness (QED) is 0.368. The number of hydrogen-bond donors (Lipinski definition) is 3. The third-order valence-electron chi connectivity index (χ3n) is 3.37. The minimum absolute atomic E-state index is 0.167. The first-order chi connectivity index (χ1) is 11.2. The number of guanidine groups is 1. The van der Waals surface area contributed by atoms with E-state index in [1.807, 2.05) is 0 Å². The molecule has 0 aliphatic rings. The maximum atomic E-state index is 12.0. The number of nitrogens with zero attached hydrogens (tertiary/aromatic N) is 1. The van der Waals surface area contributed by atoms with Gasteiger partial charge in [-0.05, 0) is 18.6 Å². The number of carbonyl (C=O) groups excluding carboxylic acids is 1. The molecule has 23 heavy (non-hydrogen) atoms. The number of carbonyl (C=O) groups is 1. The molecule has 0 atom stereocenters. The summed E-state index contributed by atoms with van der Waals surface area (Å²) in [4.78, 5) is 16.1. The van der Waals surface area contributed by atoms with Gasteiger partial charge in [-0.1, -0.05) is 49.9 Å². The summed E-state index contributed by atoms with van der Waals surface area (Å²) in [7, 11) is 1.74. The van der Waals surface area contributed by atoms with Crippen molar-refractivity contribution in [3.63, 3.8) is 0 Å². The second kappa shape index (κ2) is 11.8. The van der Waals surface area contributed by atoms with E-state index in [0.29, 0.717) is 23.7 Å². The van der Waals surface area contributed by atoms with Gasteiger partial charge in [-0.15, -0.1) is 0 Å². The van der Waals surface area contributed by atoms with E-state index in [9.17, 15) is 4.79 Å². The number of nitrogens with one attached hydrogen (secondary N) is 3. The second-order valence-corrected chi connectivity index (χ2v) is 5.63. The van der Waals surface area contributed by atoms with Gasteiger partial charge >= 0.3 is 0 Å². The van der Waals surface area contributed by atoms with Gasteiger partial charge in [0.15, 0.2) is 5.96 Å². The summed E-state index contributed by atoms with van der Waals surface area (Å²) in [5.74, 6) is 0.591. The average Bonchev–Trinajstić information content (AvgIpc) is 2.56. The van der Waals surface area contributed by atoms with Gasteiger partial charge in [0.25, 0.3) is 5.91 Å². The summed E-state index contributed by atoms with van der Waals surface area (Å²) < 4.78 is 0. The Morgan fingerprint density at radius 3 is 2.43 bits per heavy atom. The average molecular weight is 339 g/mol. The van der Waals surface area contributed by atoms with Crippen LogP contribution in [0, 0.1) is 0 Å². The molecule has 0 fully saturated rings. The van der Waals surface area contributed by atoms with Crippen LogP contribution in [-0.2, 0) is 0 Å². The Morgan fingerprint density at radius 1 is 1.04 bits per heavy atom. The van der Waals surface area contributed by atoms with Crippen molar-refractivity contribution in [1.82, 2.24) is 16.0 Å². The molecule has 0 bridgehead atoms. The summed E-state index contributed by atoms with van der Waals surface area (Å²) in [5, 5.41) is 9.73. The van der Waals surface area contributed by atoms with Crippen LogP contribution in [0.4, 0.5) is 0 Å². The summed E-state index contributed by atoms with van der Waals surface area (Å²) in [6.45, 7) is 4.21. The number of hydrogen-bond acceptors (Lipinski definition) is 2. The van der Waals surface area contributed by atoms with Crippen LogP contribution in [0.3, 0.4) is 0 Å².